The van der Waals surface area contributed by atoms with Crippen LogP contribution in [0.3, 0.4) is 0 Å². The van der Waals surface area contributed by atoms with Gasteiger partial charge >= 0.3 is 0 Å². The van der Waals surface area contributed by atoms with E-state index < -0.39 is 0 Å². The zero-order valence-corrected chi connectivity index (χ0v) is 20.5. The van der Waals surface area contributed by atoms with Crippen molar-refractivity contribution in [1.82, 2.24) is 29.1 Å². The maximum atomic E-state index is 6.23. The average Bonchev–Trinajstić information content (AvgIpc) is 3.65. The SMILES string of the molecule is COc1cc(Cn2cnc3cc(C#CCn4ccnc4)cnc32)cc2c1OC(c1csc(C)n1)CO2. The summed E-state index contributed by atoms with van der Waals surface area (Å²) >= 11 is 1.60. The summed E-state index contributed by atoms with van der Waals surface area (Å²) in [7, 11) is 1.63. The highest BCUT2D eigenvalue weighted by molar-refractivity contribution is 7.09. The second-order valence-corrected chi connectivity index (χ2v) is 9.37. The zero-order valence-electron chi connectivity index (χ0n) is 19.7. The van der Waals surface area contributed by atoms with Crippen LogP contribution in [-0.2, 0) is 13.1 Å². The third-order valence-electron chi connectivity index (χ3n) is 5.78. The summed E-state index contributed by atoms with van der Waals surface area (Å²) < 4.78 is 21.8. The average molecular weight is 499 g/mol. The molecule has 1 atom stereocenters. The van der Waals surface area contributed by atoms with Gasteiger partial charge in [0, 0.05) is 29.5 Å². The van der Waals surface area contributed by atoms with Crippen molar-refractivity contribution < 1.29 is 14.2 Å². The zero-order chi connectivity index (χ0) is 24.5. The first-order valence-electron chi connectivity index (χ1n) is 11.3. The minimum Gasteiger partial charge on any atom is -0.493 e. The summed E-state index contributed by atoms with van der Waals surface area (Å²) in [6.45, 7) is 3.49. The fourth-order valence-electron chi connectivity index (χ4n) is 4.06. The van der Waals surface area contributed by atoms with Crippen molar-refractivity contribution in [3.8, 4) is 29.1 Å². The number of hydrogen-bond donors (Lipinski definition) is 0. The number of hydrogen-bond acceptors (Lipinski definition) is 8. The van der Waals surface area contributed by atoms with E-state index in [1.165, 1.54) is 0 Å². The Morgan fingerprint density at radius 2 is 2.17 bits per heavy atom. The van der Waals surface area contributed by atoms with Crippen molar-refractivity contribution in [2.24, 2.45) is 0 Å². The van der Waals surface area contributed by atoms with Gasteiger partial charge in [0.15, 0.2) is 23.3 Å². The minimum absolute atomic E-state index is 0.263. The first-order valence-corrected chi connectivity index (χ1v) is 12.2. The number of pyridine rings is 1. The number of imidazole rings is 2. The Hall–Kier alpha value is -4.36. The smallest absolute Gasteiger partial charge is 0.204 e. The number of ether oxygens (including phenoxy) is 3. The predicted octanol–water partition coefficient (Wildman–Crippen LogP) is 4.01. The van der Waals surface area contributed by atoms with Crippen LogP contribution in [-0.4, -0.2) is 42.8 Å². The Kier molecular flexibility index (Phi) is 5.75. The Bertz CT molecular complexity index is 1580. The lowest BCUT2D eigenvalue weighted by Gasteiger charge is -2.27. The van der Waals surface area contributed by atoms with Crippen LogP contribution in [0.1, 0.15) is 27.9 Å². The molecule has 0 aliphatic carbocycles. The number of fused-ring (bicyclic) bond motifs is 2. The van der Waals surface area contributed by atoms with Crippen LogP contribution >= 0.6 is 11.3 Å². The molecule has 9 nitrogen and oxygen atoms in total. The van der Waals surface area contributed by atoms with Gasteiger partial charge in [0.25, 0.3) is 0 Å². The summed E-state index contributed by atoms with van der Waals surface area (Å²) in [6, 6.07) is 5.88. The van der Waals surface area contributed by atoms with Gasteiger partial charge in [0.2, 0.25) is 5.75 Å². The molecule has 6 rings (SSSR count). The lowest BCUT2D eigenvalue weighted by molar-refractivity contribution is 0.0844. The van der Waals surface area contributed by atoms with Gasteiger partial charge in [-0.15, -0.1) is 11.3 Å². The Balaban J connectivity index is 1.22. The highest BCUT2D eigenvalue weighted by Crippen LogP contribution is 2.44. The van der Waals surface area contributed by atoms with E-state index in [0.717, 1.165) is 33.0 Å². The monoisotopic (exact) mass is 498 g/mol. The first-order chi connectivity index (χ1) is 17.7. The van der Waals surface area contributed by atoms with Gasteiger partial charge in [-0.25, -0.2) is 19.9 Å². The molecule has 10 heteroatoms. The van der Waals surface area contributed by atoms with Crippen LogP contribution in [0.5, 0.6) is 17.2 Å². The molecule has 5 heterocycles. The van der Waals surface area contributed by atoms with Crippen LogP contribution in [0.4, 0.5) is 0 Å². The fraction of sp³-hybridized carbons (Fsp3) is 0.231. The second-order valence-electron chi connectivity index (χ2n) is 8.31. The van der Waals surface area contributed by atoms with E-state index in [2.05, 4.69) is 31.8 Å². The summed E-state index contributed by atoms with van der Waals surface area (Å²) in [4.78, 5) is 17.7. The molecular weight excluding hydrogens is 476 g/mol. The standard InChI is InChI=1S/C26H22N6O3S/c1-17-30-21(14-36-17)24-13-34-23-10-19(9-22(33-2)25(23)35-24)12-32-16-29-20-8-18(11-28-26(20)32)4-3-6-31-7-5-27-15-31/h5,7-11,14-16,24H,6,12-13H2,1-2H3. The quantitative estimate of drug-likeness (QED) is 0.338. The molecule has 0 fully saturated rings. The van der Waals surface area contributed by atoms with Gasteiger partial charge in [-0.3, -0.25) is 0 Å². The van der Waals surface area contributed by atoms with Gasteiger partial charge in [0.05, 0.1) is 43.6 Å². The third-order valence-corrected chi connectivity index (χ3v) is 6.57. The number of thiazole rings is 1. The molecule has 1 aromatic carbocycles. The lowest BCUT2D eigenvalue weighted by Crippen LogP contribution is -2.22. The van der Waals surface area contributed by atoms with Gasteiger partial charge in [-0.2, -0.15) is 0 Å². The summed E-state index contributed by atoms with van der Waals surface area (Å²) in [5.41, 5.74) is 4.25. The van der Waals surface area contributed by atoms with E-state index in [0.29, 0.717) is 36.9 Å². The van der Waals surface area contributed by atoms with E-state index in [1.54, 1.807) is 43.5 Å². The Labute approximate surface area is 211 Å². The Morgan fingerprint density at radius 3 is 2.97 bits per heavy atom. The predicted molar refractivity (Wildman–Crippen MR) is 134 cm³/mol. The van der Waals surface area contributed by atoms with E-state index in [4.69, 9.17) is 14.2 Å². The molecule has 0 saturated heterocycles. The number of nitrogens with zero attached hydrogens (tertiary/aromatic N) is 6. The van der Waals surface area contributed by atoms with Crippen LogP contribution in [0, 0.1) is 18.8 Å². The van der Waals surface area contributed by atoms with Crippen LogP contribution in [0.15, 0.2) is 54.8 Å². The molecule has 36 heavy (non-hydrogen) atoms. The normalized spacial score (nSPS) is 14.4. The maximum Gasteiger partial charge on any atom is 0.204 e. The molecule has 0 radical (unpaired) electrons. The number of rotatable bonds is 5. The molecule has 0 saturated carbocycles. The fourth-order valence-corrected chi connectivity index (χ4v) is 4.71. The minimum atomic E-state index is -0.263. The van der Waals surface area contributed by atoms with Gasteiger partial charge in [-0.1, -0.05) is 11.8 Å². The van der Waals surface area contributed by atoms with Gasteiger partial charge in [0.1, 0.15) is 12.1 Å². The number of aryl methyl sites for hydroxylation is 1. The third kappa shape index (κ3) is 4.36. The molecule has 1 unspecified atom stereocenters. The van der Waals surface area contributed by atoms with Crippen molar-refractivity contribution in [3.05, 3.63) is 76.7 Å². The van der Waals surface area contributed by atoms with E-state index in [1.807, 2.05) is 45.8 Å². The molecule has 1 aliphatic heterocycles. The van der Waals surface area contributed by atoms with Crippen LogP contribution in [0.25, 0.3) is 11.2 Å². The van der Waals surface area contributed by atoms with Crippen molar-refractivity contribution in [3.63, 3.8) is 0 Å². The van der Waals surface area contributed by atoms with E-state index in [-0.39, 0.29) is 6.10 Å². The van der Waals surface area contributed by atoms with Crippen molar-refractivity contribution >= 4 is 22.5 Å². The molecule has 4 aromatic heterocycles. The lowest BCUT2D eigenvalue weighted by atomic mass is 10.1. The van der Waals surface area contributed by atoms with Crippen molar-refractivity contribution in [2.45, 2.75) is 26.1 Å². The van der Waals surface area contributed by atoms with Gasteiger partial charge in [-0.05, 0) is 30.7 Å². The number of benzene rings is 1. The largest absolute Gasteiger partial charge is 0.493 e. The summed E-state index contributed by atoms with van der Waals surface area (Å²) in [5, 5.41) is 3.00. The molecule has 1 aliphatic rings. The molecule has 0 bridgehead atoms. The highest BCUT2D eigenvalue weighted by atomic mass is 32.1. The second kappa shape index (κ2) is 9.36. The number of aromatic nitrogens is 6. The molecule has 0 N–H and O–H groups in total. The number of methoxy groups -OCH3 is 1. The van der Waals surface area contributed by atoms with Crippen molar-refractivity contribution in [1.29, 1.82) is 0 Å². The molecule has 180 valence electrons. The van der Waals surface area contributed by atoms with Crippen molar-refractivity contribution in [2.75, 3.05) is 13.7 Å². The van der Waals surface area contributed by atoms with Crippen LogP contribution in [0.2, 0.25) is 0 Å². The first kappa shape index (κ1) is 22.1. The summed E-state index contributed by atoms with van der Waals surface area (Å²) in [5.74, 6) is 8.13. The Morgan fingerprint density at radius 1 is 1.22 bits per heavy atom. The highest BCUT2D eigenvalue weighted by Gasteiger charge is 2.28. The molecule has 0 amide bonds. The topological polar surface area (TPSA) is 89.1 Å². The van der Waals surface area contributed by atoms with Gasteiger partial charge < -0.3 is 23.3 Å². The maximum absolute atomic E-state index is 6.23. The van der Waals surface area contributed by atoms with Crippen LogP contribution < -0.4 is 14.2 Å². The van der Waals surface area contributed by atoms with E-state index in [9.17, 15) is 0 Å². The molecular formula is C26H22N6O3S. The molecule has 5 aromatic rings. The van der Waals surface area contributed by atoms with E-state index >= 15 is 0 Å². The summed E-state index contributed by atoms with van der Waals surface area (Å²) in [6.07, 6.45) is 8.65. The molecule has 0 spiro atoms.